The summed E-state index contributed by atoms with van der Waals surface area (Å²) in [4.78, 5) is 4.44. The molecule has 0 aliphatic rings. The Morgan fingerprint density at radius 2 is 1.93 bits per heavy atom. The van der Waals surface area contributed by atoms with Crippen molar-refractivity contribution in [1.82, 2.24) is 4.98 Å². The molecule has 0 unspecified atom stereocenters. The third-order valence-electron chi connectivity index (χ3n) is 2.29. The second kappa shape index (κ2) is 4.30. The van der Waals surface area contributed by atoms with E-state index >= 15 is 0 Å². The highest BCUT2D eigenvalue weighted by atomic mass is 16.3. The van der Waals surface area contributed by atoms with Crippen molar-refractivity contribution in [2.75, 3.05) is 0 Å². The fraction of sp³-hybridized carbons (Fsp3) is 0.308. The number of nitrogens with zero attached hydrogens (tertiary/aromatic N) is 1. The van der Waals surface area contributed by atoms with Crippen LogP contribution in [-0.2, 0) is 6.42 Å². The first-order valence-corrected chi connectivity index (χ1v) is 5.24. The topological polar surface area (TPSA) is 26.0 Å². The smallest absolute Gasteiger partial charge is 0.196 e. The summed E-state index contributed by atoms with van der Waals surface area (Å²) in [6, 6.07) is 10.3. The normalized spacial score (nSPS) is 10.9. The van der Waals surface area contributed by atoms with Crippen molar-refractivity contribution in [3.05, 3.63) is 53.7 Å². The number of hydrogen-bond acceptors (Lipinski definition) is 2. The first kappa shape index (κ1) is 9.97. The molecule has 0 saturated heterocycles. The van der Waals surface area contributed by atoms with E-state index in [4.69, 9.17) is 4.42 Å². The third-order valence-corrected chi connectivity index (χ3v) is 2.29. The SMILES string of the molecule is CC(C)c1nc(Cc2ccccc2)co1. The zero-order chi connectivity index (χ0) is 10.7. The quantitative estimate of drug-likeness (QED) is 0.760. The monoisotopic (exact) mass is 201 g/mol. The van der Waals surface area contributed by atoms with Crippen molar-refractivity contribution in [3.63, 3.8) is 0 Å². The summed E-state index contributed by atoms with van der Waals surface area (Å²) in [6.45, 7) is 4.16. The van der Waals surface area contributed by atoms with E-state index in [1.54, 1.807) is 6.26 Å². The van der Waals surface area contributed by atoms with Crippen LogP contribution in [0, 0.1) is 0 Å². The van der Waals surface area contributed by atoms with Gasteiger partial charge in [0.1, 0.15) is 6.26 Å². The van der Waals surface area contributed by atoms with Crippen LogP contribution in [0.4, 0.5) is 0 Å². The van der Waals surface area contributed by atoms with Gasteiger partial charge in [-0.2, -0.15) is 0 Å². The van der Waals surface area contributed by atoms with E-state index in [1.165, 1.54) is 5.56 Å². The van der Waals surface area contributed by atoms with Gasteiger partial charge in [0.2, 0.25) is 0 Å². The van der Waals surface area contributed by atoms with Crippen LogP contribution >= 0.6 is 0 Å². The van der Waals surface area contributed by atoms with Gasteiger partial charge in [-0.3, -0.25) is 0 Å². The Morgan fingerprint density at radius 1 is 1.20 bits per heavy atom. The predicted molar refractivity (Wildman–Crippen MR) is 59.8 cm³/mol. The van der Waals surface area contributed by atoms with E-state index in [-0.39, 0.29) is 0 Å². The average Bonchev–Trinajstić information content (AvgIpc) is 2.68. The molecule has 1 heterocycles. The second-order valence-corrected chi connectivity index (χ2v) is 3.99. The van der Waals surface area contributed by atoms with E-state index in [0.717, 1.165) is 18.0 Å². The molecule has 0 fully saturated rings. The van der Waals surface area contributed by atoms with Crippen molar-refractivity contribution >= 4 is 0 Å². The lowest BCUT2D eigenvalue weighted by molar-refractivity contribution is 0.470. The van der Waals surface area contributed by atoms with Crippen LogP contribution in [0.3, 0.4) is 0 Å². The van der Waals surface area contributed by atoms with Gasteiger partial charge in [-0.1, -0.05) is 44.2 Å². The fourth-order valence-electron chi connectivity index (χ4n) is 1.47. The molecule has 0 aliphatic heterocycles. The van der Waals surface area contributed by atoms with Crippen molar-refractivity contribution in [1.29, 1.82) is 0 Å². The molecule has 0 saturated carbocycles. The predicted octanol–water partition coefficient (Wildman–Crippen LogP) is 3.39. The van der Waals surface area contributed by atoms with Crippen LogP contribution in [0.5, 0.6) is 0 Å². The molecular formula is C13H15NO. The van der Waals surface area contributed by atoms with Gasteiger partial charge < -0.3 is 4.42 Å². The minimum absolute atomic E-state index is 0.356. The standard InChI is InChI=1S/C13H15NO/c1-10(2)13-14-12(9-15-13)8-11-6-4-3-5-7-11/h3-7,9-10H,8H2,1-2H3. The Balaban J connectivity index is 2.12. The lowest BCUT2D eigenvalue weighted by Crippen LogP contribution is -1.90. The van der Waals surface area contributed by atoms with Gasteiger partial charge in [-0.15, -0.1) is 0 Å². The molecule has 1 aromatic heterocycles. The van der Waals surface area contributed by atoms with E-state index < -0.39 is 0 Å². The molecule has 2 aromatic rings. The summed E-state index contributed by atoms with van der Waals surface area (Å²) in [5.74, 6) is 1.18. The number of aromatic nitrogens is 1. The average molecular weight is 201 g/mol. The summed E-state index contributed by atoms with van der Waals surface area (Å²) < 4.78 is 5.39. The van der Waals surface area contributed by atoms with Crippen LogP contribution in [0.2, 0.25) is 0 Å². The van der Waals surface area contributed by atoms with Gasteiger partial charge in [0.05, 0.1) is 5.69 Å². The van der Waals surface area contributed by atoms with Gasteiger partial charge in [-0.05, 0) is 5.56 Å². The summed E-state index contributed by atoms with van der Waals surface area (Å²) in [5.41, 5.74) is 2.27. The molecule has 0 bridgehead atoms. The molecule has 0 spiro atoms. The first-order chi connectivity index (χ1) is 7.25. The number of hydrogen-bond donors (Lipinski definition) is 0. The molecule has 0 amide bonds. The highest BCUT2D eigenvalue weighted by Gasteiger charge is 2.07. The lowest BCUT2D eigenvalue weighted by atomic mass is 10.1. The fourth-order valence-corrected chi connectivity index (χ4v) is 1.47. The van der Waals surface area contributed by atoms with E-state index in [0.29, 0.717) is 5.92 Å². The van der Waals surface area contributed by atoms with Crippen LogP contribution in [0.1, 0.15) is 36.9 Å². The summed E-state index contributed by atoms with van der Waals surface area (Å²) in [7, 11) is 0. The van der Waals surface area contributed by atoms with Gasteiger partial charge in [-0.25, -0.2) is 4.98 Å². The maximum atomic E-state index is 5.39. The lowest BCUT2D eigenvalue weighted by Gasteiger charge is -1.96. The summed E-state index contributed by atoms with van der Waals surface area (Å²) in [5, 5.41) is 0. The molecule has 0 N–H and O–H groups in total. The van der Waals surface area contributed by atoms with Crippen LogP contribution in [0.15, 0.2) is 41.0 Å². The molecule has 78 valence electrons. The Labute approximate surface area is 90.0 Å². The maximum absolute atomic E-state index is 5.39. The largest absolute Gasteiger partial charge is 0.448 e. The highest BCUT2D eigenvalue weighted by molar-refractivity contribution is 5.20. The van der Waals surface area contributed by atoms with Gasteiger partial charge >= 0.3 is 0 Å². The van der Waals surface area contributed by atoms with Crippen molar-refractivity contribution in [2.24, 2.45) is 0 Å². The molecule has 0 atom stereocenters. The van der Waals surface area contributed by atoms with E-state index in [9.17, 15) is 0 Å². The second-order valence-electron chi connectivity index (χ2n) is 3.99. The van der Waals surface area contributed by atoms with Crippen molar-refractivity contribution in [2.45, 2.75) is 26.2 Å². The molecule has 1 aromatic carbocycles. The Hall–Kier alpha value is -1.57. The van der Waals surface area contributed by atoms with Gasteiger partial charge in [0.25, 0.3) is 0 Å². The number of oxazole rings is 1. The first-order valence-electron chi connectivity index (χ1n) is 5.24. The molecule has 0 radical (unpaired) electrons. The third kappa shape index (κ3) is 2.46. The van der Waals surface area contributed by atoms with E-state index in [1.807, 2.05) is 18.2 Å². The summed E-state index contributed by atoms with van der Waals surface area (Å²) >= 11 is 0. The molecule has 2 nitrogen and oxygen atoms in total. The molecular weight excluding hydrogens is 186 g/mol. The van der Waals surface area contributed by atoms with Gasteiger partial charge in [0.15, 0.2) is 5.89 Å². The molecule has 2 heteroatoms. The zero-order valence-electron chi connectivity index (χ0n) is 9.10. The Bertz CT molecular complexity index is 417. The highest BCUT2D eigenvalue weighted by Crippen LogP contribution is 2.15. The van der Waals surface area contributed by atoms with Crippen LogP contribution in [-0.4, -0.2) is 4.98 Å². The Kier molecular flexibility index (Phi) is 2.86. The van der Waals surface area contributed by atoms with Crippen LogP contribution < -0.4 is 0 Å². The minimum atomic E-state index is 0.356. The number of rotatable bonds is 3. The Morgan fingerprint density at radius 3 is 2.53 bits per heavy atom. The van der Waals surface area contributed by atoms with Crippen molar-refractivity contribution < 1.29 is 4.42 Å². The maximum Gasteiger partial charge on any atom is 0.196 e. The molecule has 15 heavy (non-hydrogen) atoms. The minimum Gasteiger partial charge on any atom is -0.448 e. The van der Waals surface area contributed by atoms with Crippen LogP contribution in [0.25, 0.3) is 0 Å². The molecule has 0 aliphatic carbocycles. The van der Waals surface area contributed by atoms with Crippen molar-refractivity contribution in [3.8, 4) is 0 Å². The summed E-state index contributed by atoms with van der Waals surface area (Å²) in [6.07, 6.45) is 2.60. The molecule has 2 rings (SSSR count). The van der Waals surface area contributed by atoms with Gasteiger partial charge in [0, 0.05) is 12.3 Å². The zero-order valence-corrected chi connectivity index (χ0v) is 9.10. The van der Waals surface area contributed by atoms with E-state index in [2.05, 4.69) is 31.0 Å². The number of benzene rings is 1.